The van der Waals surface area contributed by atoms with Crippen LogP contribution in [0, 0.1) is 11.8 Å². The van der Waals surface area contributed by atoms with E-state index in [2.05, 4.69) is 38.9 Å². The Kier molecular flexibility index (Phi) is 3.97. The Hall–Kier alpha value is -1.87. The molecular formula is C15H13N3S2. The first kappa shape index (κ1) is 13.1. The van der Waals surface area contributed by atoms with E-state index in [4.69, 9.17) is 5.73 Å². The summed E-state index contributed by atoms with van der Waals surface area (Å²) in [5.74, 6) is 6.97. The summed E-state index contributed by atoms with van der Waals surface area (Å²) in [7, 11) is 0. The van der Waals surface area contributed by atoms with Crippen molar-refractivity contribution in [3.63, 3.8) is 0 Å². The summed E-state index contributed by atoms with van der Waals surface area (Å²) < 4.78 is 2.16. The summed E-state index contributed by atoms with van der Waals surface area (Å²) in [4.78, 5) is 7.96. The smallest absolute Gasteiger partial charge is 0.150 e. The van der Waals surface area contributed by atoms with Gasteiger partial charge in [0.2, 0.25) is 0 Å². The molecule has 0 bridgehead atoms. The van der Waals surface area contributed by atoms with E-state index in [1.54, 1.807) is 22.7 Å². The zero-order chi connectivity index (χ0) is 13.8. The van der Waals surface area contributed by atoms with Gasteiger partial charge < -0.3 is 10.3 Å². The summed E-state index contributed by atoms with van der Waals surface area (Å²) >= 11 is 3.41. The predicted octanol–water partition coefficient (Wildman–Crippen LogP) is 3.03. The molecule has 0 atom stereocenters. The quantitative estimate of drug-likeness (QED) is 0.756. The van der Waals surface area contributed by atoms with Gasteiger partial charge >= 0.3 is 0 Å². The molecule has 0 aliphatic carbocycles. The molecule has 0 aromatic carbocycles. The maximum atomic E-state index is 5.39. The van der Waals surface area contributed by atoms with Crippen LogP contribution in [-0.2, 0) is 6.54 Å². The summed E-state index contributed by atoms with van der Waals surface area (Å²) in [5.41, 5.74) is 5.39. The summed E-state index contributed by atoms with van der Waals surface area (Å²) in [6, 6.07) is 8.30. The second kappa shape index (κ2) is 6.06. The van der Waals surface area contributed by atoms with Crippen LogP contribution >= 0.6 is 22.7 Å². The first-order valence-corrected chi connectivity index (χ1v) is 7.89. The molecule has 3 aromatic heterocycles. The first-order chi connectivity index (χ1) is 9.86. The molecule has 5 heteroatoms. The highest BCUT2D eigenvalue weighted by molar-refractivity contribution is 7.13. The van der Waals surface area contributed by atoms with Crippen LogP contribution < -0.4 is 5.73 Å². The highest BCUT2D eigenvalue weighted by atomic mass is 32.1. The van der Waals surface area contributed by atoms with E-state index in [-0.39, 0.29) is 0 Å². The molecule has 0 radical (unpaired) electrons. The average Bonchev–Trinajstić information content (AvgIpc) is 3.18. The SMILES string of the molecule is NCC#Cc1ccc(Cn2ccnc2-c2cccs2)s1. The van der Waals surface area contributed by atoms with Gasteiger partial charge in [-0.3, -0.25) is 0 Å². The number of hydrogen-bond acceptors (Lipinski definition) is 4. The van der Waals surface area contributed by atoms with Crippen molar-refractivity contribution >= 4 is 22.7 Å². The number of nitrogens with two attached hydrogens (primary N) is 1. The van der Waals surface area contributed by atoms with Gasteiger partial charge in [-0.15, -0.1) is 22.7 Å². The Morgan fingerprint density at radius 2 is 2.25 bits per heavy atom. The van der Waals surface area contributed by atoms with Gasteiger partial charge in [0.05, 0.1) is 22.8 Å². The van der Waals surface area contributed by atoms with Crippen LogP contribution in [0.5, 0.6) is 0 Å². The van der Waals surface area contributed by atoms with E-state index in [0.717, 1.165) is 17.2 Å². The van der Waals surface area contributed by atoms with Crippen molar-refractivity contribution < 1.29 is 0 Å². The minimum atomic E-state index is 0.400. The molecule has 0 amide bonds. The lowest BCUT2D eigenvalue weighted by Crippen LogP contribution is -1.98. The zero-order valence-electron chi connectivity index (χ0n) is 10.7. The van der Waals surface area contributed by atoms with Crippen molar-refractivity contribution in [1.82, 2.24) is 9.55 Å². The maximum absolute atomic E-state index is 5.39. The van der Waals surface area contributed by atoms with Crippen LogP contribution in [0.3, 0.4) is 0 Å². The molecule has 0 aliphatic heterocycles. The van der Waals surface area contributed by atoms with Gasteiger partial charge in [-0.2, -0.15) is 0 Å². The number of nitrogens with zero attached hydrogens (tertiary/aromatic N) is 2. The van der Waals surface area contributed by atoms with Gasteiger partial charge in [-0.25, -0.2) is 4.98 Å². The van der Waals surface area contributed by atoms with E-state index in [9.17, 15) is 0 Å². The minimum Gasteiger partial charge on any atom is -0.325 e. The van der Waals surface area contributed by atoms with Crippen molar-refractivity contribution in [1.29, 1.82) is 0 Å². The third-order valence-corrected chi connectivity index (χ3v) is 4.61. The molecule has 3 aromatic rings. The third kappa shape index (κ3) is 2.83. The molecule has 0 unspecified atom stereocenters. The van der Waals surface area contributed by atoms with Crippen molar-refractivity contribution in [2.75, 3.05) is 6.54 Å². The Balaban J connectivity index is 1.82. The van der Waals surface area contributed by atoms with Gasteiger partial charge in [0.1, 0.15) is 5.82 Å². The van der Waals surface area contributed by atoms with E-state index in [1.165, 1.54) is 9.75 Å². The summed E-state index contributed by atoms with van der Waals surface area (Å²) in [6.45, 7) is 1.22. The van der Waals surface area contributed by atoms with E-state index >= 15 is 0 Å². The summed E-state index contributed by atoms with van der Waals surface area (Å²) in [6.07, 6.45) is 3.86. The van der Waals surface area contributed by atoms with Gasteiger partial charge in [0.25, 0.3) is 0 Å². The Labute approximate surface area is 125 Å². The molecule has 2 N–H and O–H groups in total. The van der Waals surface area contributed by atoms with E-state index in [1.807, 2.05) is 24.5 Å². The minimum absolute atomic E-state index is 0.400. The highest BCUT2D eigenvalue weighted by Crippen LogP contribution is 2.25. The van der Waals surface area contributed by atoms with Crippen LogP contribution in [0.2, 0.25) is 0 Å². The molecular weight excluding hydrogens is 286 g/mol. The van der Waals surface area contributed by atoms with Gasteiger partial charge in [0, 0.05) is 17.3 Å². The Morgan fingerprint density at radius 1 is 1.30 bits per heavy atom. The third-order valence-electron chi connectivity index (χ3n) is 2.76. The Morgan fingerprint density at radius 3 is 3.05 bits per heavy atom. The van der Waals surface area contributed by atoms with Crippen LogP contribution in [0.4, 0.5) is 0 Å². The average molecular weight is 299 g/mol. The summed E-state index contributed by atoms with van der Waals surface area (Å²) in [5, 5.41) is 2.07. The Bertz CT molecular complexity index is 742. The van der Waals surface area contributed by atoms with Crippen molar-refractivity contribution in [2.45, 2.75) is 6.54 Å². The molecule has 3 nitrogen and oxygen atoms in total. The molecule has 0 saturated carbocycles. The number of imidazole rings is 1. The standard InChI is InChI=1S/C15H13N3S2/c16-7-1-3-12-5-6-13(20-12)11-18-9-8-17-15(18)14-4-2-10-19-14/h2,4-6,8-10H,7,11,16H2. The highest BCUT2D eigenvalue weighted by Gasteiger charge is 2.08. The van der Waals surface area contributed by atoms with Crippen molar-refractivity contribution in [3.05, 3.63) is 51.8 Å². The number of aromatic nitrogens is 2. The largest absolute Gasteiger partial charge is 0.325 e. The molecule has 100 valence electrons. The fourth-order valence-electron chi connectivity index (χ4n) is 1.90. The van der Waals surface area contributed by atoms with Crippen LogP contribution in [0.1, 0.15) is 9.75 Å². The number of rotatable bonds is 3. The second-order valence-electron chi connectivity index (χ2n) is 4.13. The lowest BCUT2D eigenvalue weighted by Gasteiger charge is -2.04. The number of thiophene rings is 2. The predicted molar refractivity (Wildman–Crippen MR) is 84.9 cm³/mol. The normalized spacial score (nSPS) is 10.2. The molecule has 0 aliphatic rings. The maximum Gasteiger partial charge on any atom is 0.150 e. The molecule has 20 heavy (non-hydrogen) atoms. The van der Waals surface area contributed by atoms with Crippen molar-refractivity contribution in [2.24, 2.45) is 5.73 Å². The van der Waals surface area contributed by atoms with Gasteiger partial charge in [0.15, 0.2) is 0 Å². The fraction of sp³-hybridized carbons (Fsp3) is 0.133. The molecule has 3 heterocycles. The van der Waals surface area contributed by atoms with Crippen LogP contribution in [0.15, 0.2) is 42.0 Å². The van der Waals surface area contributed by atoms with Gasteiger partial charge in [-0.05, 0) is 23.6 Å². The molecule has 0 fully saturated rings. The fourth-order valence-corrected chi connectivity index (χ4v) is 3.52. The molecule has 0 spiro atoms. The van der Waals surface area contributed by atoms with Gasteiger partial charge in [-0.1, -0.05) is 17.9 Å². The van der Waals surface area contributed by atoms with E-state index in [0.29, 0.717) is 6.54 Å². The molecule has 0 saturated heterocycles. The van der Waals surface area contributed by atoms with Crippen LogP contribution in [-0.4, -0.2) is 16.1 Å². The number of hydrogen-bond donors (Lipinski definition) is 1. The molecule has 3 rings (SSSR count). The second-order valence-corrected chi connectivity index (χ2v) is 6.24. The first-order valence-electron chi connectivity index (χ1n) is 6.19. The lowest BCUT2D eigenvalue weighted by molar-refractivity contribution is 0.822. The lowest BCUT2D eigenvalue weighted by atomic mass is 10.4. The monoisotopic (exact) mass is 299 g/mol. The topological polar surface area (TPSA) is 43.8 Å². The van der Waals surface area contributed by atoms with E-state index < -0.39 is 0 Å². The zero-order valence-corrected chi connectivity index (χ0v) is 12.4. The van der Waals surface area contributed by atoms with Crippen molar-refractivity contribution in [3.8, 4) is 22.5 Å². The van der Waals surface area contributed by atoms with Crippen LogP contribution in [0.25, 0.3) is 10.7 Å².